The Bertz CT molecular complexity index is 889. The van der Waals surface area contributed by atoms with Crippen LogP contribution in [0.15, 0.2) is 18.2 Å². The smallest absolute Gasteiger partial charge is 0.325 e. The number of fused-ring (bicyclic) bond motifs is 1. The molecule has 1 atom stereocenters. The molecule has 2 aliphatic rings. The number of carboxylic acid groups (broad SMARTS) is 1. The molecule has 4 rings (SSSR count). The summed E-state index contributed by atoms with van der Waals surface area (Å²) < 4.78 is 13.0. The molecule has 0 radical (unpaired) electrons. The molecule has 2 aromatic rings. The van der Waals surface area contributed by atoms with E-state index in [-0.39, 0.29) is 0 Å². The van der Waals surface area contributed by atoms with Crippen LogP contribution in [-0.4, -0.2) is 58.0 Å². The summed E-state index contributed by atoms with van der Waals surface area (Å²) in [4.78, 5) is 14.2. The highest BCUT2D eigenvalue weighted by molar-refractivity contribution is 5.76. The third-order valence-electron chi connectivity index (χ3n) is 6.36. The summed E-state index contributed by atoms with van der Waals surface area (Å²) in [5.41, 5.74) is 0.704. The number of benzene rings is 1. The van der Waals surface area contributed by atoms with Crippen LogP contribution in [-0.2, 0) is 17.8 Å². The van der Waals surface area contributed by atoms with E-state index in [1.54, 1.807) is 26.4 Å². The van der Waals surface area contributed by atoms with E-state index in [0.717, 1.165) is 37.5 Å². The first-order valence-corrected chi connectivity index (χ1v) is 10.7. The summed E-state index contributed by atoms with van der Waals surface area (Å²) in [6, 6.07) is 4.64. The second kappa shape index (κ2) is 9.04. The number of aryl methyl sites for hydroxylation is 1. The van der Waals surface area contributed by atoms with Gasteiger partial charge in [0.25, 0.3) is 0 Å². The number of aromatic nitrogens is 3. The van der Waals surface area contributed by atoms with E-state index in [1.165, 1.54) is 19.3 Å². The molecular weight excluding hydrogens is 384 g/mol. The van der Waals surface area contributed by atoms with Crippen LogP contribution in [0.2, 0.25) is 0 Å². The molecule has 2 aliphatic heterocycles. The van der Waals surface area contributed by atoms with Gasteiger partial charge in [0.05, 0.1) is 14.2 Å². The van der Waals surface area contributed by atoms with E-state index >= 15 is 0 Å². The van der Waals surface area contributed by atoms with Gasteiger partial charge in [-0.3, -0.25) is 9.69 Å². The number of carboxylic acids is 1. The number of hydrogen-bond donors (Lipinski definition) is 1. The molecule has 8 heteroatoms. The lowest BCUT2D eigenvalue weighted by molar-refractivity contribution is -0.144. The minimum absolute atomic E-state index is 0.334. The highest BCUT2D eigenvalue weighted by atomic mass is 16.5. The molecule has 0 spiro atoms. The van der Waals surface area contributed by atoms with Gasteiger partial charge in [0, 0.05) is 18.9 Å². The fourth-order valence-electron chi connectivity index (χ4n) is 4.76. The van der Waals surface area contributed by atoms with Crippen LogP contribution in [0.4, 0.5) is 0 Å². The number of methoxy groups -OCH3 is 2. The van der Waals surface area contributed by atoms with Gasteiger partial charge in [0.2, 0.25) is 0 Å². The van der Waals surface area contributed by atoms with Crippen LogP contribution in [0.1, 0.15) is 61.3 Å². The lowest BCUT2D eigenvalue weighted by Gasteiger charge is -2.35. The Morgan fingerprint density at radius 2 is 1.83 bits per heavy atom. The number of hydrogen-bond acceptors (Lipinski definition) is 6. The molecule has 162 valence electrons. The standard InChI is InChI=1S/C22H30N4O4/c1-29-17-8-7-16(14-18(17)30-2)20(22(27)28)25-12-9-15(10-13-25)21-24-23-19-6-4-3-5-11-26(19)21/h7-8,14-15,20H,3-6,9-13H2,1-2H3,(H,27,28). The number of rotatable bonds is 6. The van der Waals surface area contributed by atoms with Crippen LogP contribution < -0.4 is 9.47 Å². The first-order valence-electron chi connectivity index (χ1n) is 10.7. The molecule has 30 heavy (non-hydrogen) atoms. The highest BCUT2D eigenvalue weighted by Gasteiger charge is 2.34. The Hall–Kier alpha value is -2.61. The monoisotopic (exact) mass is 414 g/mol. The summed E-state index contributed by atoms with van der Waals surface area (Å²) in [7, 11) is 3.13. The molecule has 0 amide bonds. The van der Waals surface area contributed by atoms with Crippen molar-refractivity contribution in [2.24, 2.45) is 0 Å². The Kier molecular flexibility index (Phi) is 6.22. The first kappa shape index (κ1) is 20.7. The molecule has 1 N–H and O–H groups in total. The maximum Gasteiger partial charge on any atom is 0.325 e. The predicted octanol–water partition coefficient (Wildman–Crippen LogP) is 3.03. The second-order valence-corrected chi connectivity index (χ2v) is 8.10. The van der Waals surface area contributed by atoms with Gasteiger partial charge in [-0.2, -0.15) is 0 Å². The van der Waals surface area contributed by atoms with Gasteiger partial charge in [-0.1, -0.05) is 12.5 Å². The predicted molar refractivity (Wildman–Crippen MR) is 111 cm³/mol. The zero-order valence-corrected chi connectivity index (χ0v) is 17.7. The molecule has 3 heterocycles. The average molecular weight is 415 g/mol. The molecule has 1 saturated heterocycles. The number of piperidine rings is 1. The average Bonchev–Trinajstić information content (AvgIpc) is 3.02. The maximum absolute atomic E-state index is 12.2. The van der Waals surface area contributed by atoms with Crippen LogP contribution in [0, 0.1) is 0 Å². The molecule has 1 aromatic heterocycles. The van der Waals surface area contributed by atoms with Crippen molar-refractivity contribution < 1.29 is 19.4 Å². The number of carbonyl (C=O) groups is 1. The van der Waals surface area contributed by atoms with Gasteiger partial charge in [-0.05, 0) is 56.5 Å². The fraction of sp³-hybridized carbons (Fsp3) is 0.591. The second-order valence-electron chi connectivity index (χ2n) is 8.10. The van der Waals surface area contributed by atoms with Gasteiger partial charge in [0.1, 0.15) is 17.7 Å². The summed E-state index contributed by atoms with van der Waals surface area (Å²) in [5, 5.41) is 18.9. The summed E-state index contributed by atoms with van der Waals surface area (Å²) in [6.07, 6.45) is 6.38. The quantitative estimate of drug-likeness (QED) is 0.777. The van der Waals surface area contributed by atoms with E-state index in [4.69, 9.17) is 9.47 Å². The van der Waals surface area contributed by atoms with E-state index in [1.807, 2.05) is 11.0 Å². The van der Waals surface area contributed by atoms with E-state index in [9.17, 15) is 9.90 Å². The van der Waals surface area contributed by atoms with Crippen LogP contribution >= 0.6 is 0 Å². The van der Waals surface area contributed by atoms with Crippen LogP contribution in [0.3, 0.4) is 0 Å². The molecule has 0 aliphatic carbocycles. The molecule has 1 aromatic carbocycles. The van der Waals surface area contributed by atoms with Crippen molar-refractivity contribution in [1.82, 2.24) is 19.7 Å². The summed E-state index contributed by atoms with van der Waals surface area (Å²) >= 11 is 0. The van der Waals surface area contributed by atoms with Gasteiger partial charge < -0.3 is 19.1 Å². The van der Waals surface area contributed by atoms with Crippen LogP contribution in [0.25, 0.3) is 0 Å². The van der Waals surface area contributed by atoms with Gasteiger partial charge in [-0.15, -0.1) is 10.2 Å². The number of ether oxygens (including phenoxy) is 2. The SMILES string of the molecule is COc1ccc(C(C(=O)O)N2CCC(c3nnc4n3CCCCC4)CC2)cc1OC. The number of likely N-dealkylation sites (tertiary alicyclic amines) is 1. The lowest BCUT2D eigenvalue weighted by atomic mass is 9.93. The van der Waals surface area contributed by atoms with Crippen molar-refractivity contribution in [2.75, 3.05) is 27.3 Å². The van der Waals surface area contributed by atoms with Crippen molar-refractivity contribution in [1.29, 1.82) is 0 Å². The van der Waals surface area contributed by atoms with E-state index < -0.39 is 12.0 Å². The largest absolute Gasteiger partial charge is 0.493 e. The Balaban J connectivity index is 1.49. The topological polar surface area (TPSA) is 89.7 Å². The van der Waals surface area contributed by atoms with E-state index in [0.29, 0.717) is 36.1 Å². The minimum atomic E-state index is -0.850. The number of aliphatic carboxylic acids is 1. The molecule has 8 nitrogen and oxygen atoms in total. The zero-order valence-electron chi connectivity index (χ0n) is 17.7. The zero-order chi connectivity index (χ0) is 21.1. The van der Waals surface area contributed by atoms with Crippen molar-refractivity contribution >= 4 is 5.97 Å². The van der Waals surface area contributed by atoms with Crippen molar-refractivity contribution in [3.05, 3.63) is 35.4 Å². The summed E-state index contributed by atoms with van der Waals surface area (Å²) in [6.45, 7) is 2.41. The molecular formula is C22H30N4O4. The number of nitrogens with zero attached hydrogens (tertiary/aromatic N) is 4. The normalized spacial score (nSPS) is 19.0. The third kappa shape index (κ3) is 4.01. The van der Waals surface area contributed by atoms with Crippen molar-refractivity contribution in [3.8, 4) is 11.5 Å². The Morgan fingerprint density at radius 1 is 1.07 bits per heavy atom. The molecule has 0 bridgehead atoms. The van der Waals surface area contributed by atoms with Crippen molar-refractivity contribution in [3.63, 3.8) is 0 Å². The minimum Gasteiger partial charge on any atom is -0.493 e. The van der Waals surface area contributed by atoms with Crippen LogP contribution in [0.5, 0.6) is 11.5 Å². The first-order chi connectivity index (χ1) is 14.6. The van der Waals surface area contributed by atoms with Gasteiger partial charge in [-0.25, -0.2) is 0 Å². The van der Waals surface area contributed by atoms with Gasteiger partial charge in [0.15, 0.2) is 11.5 Å². The third-order valence-corrected chi connectivity index (χ3v) is 6.36. The highest BCUT2D eigenvalue weighted by Crippen LogP contribution is 2.36. The van der Waals surface area contributed by atoms with Gasteiger partial charge >= 0.3 is 5.97 Å². The molecule has 1 fully saturated rings. The molecule has 0 saturated carbocycles. The Morgan fingerprint density at radius 3 is 2.53 bits per heavy atom. The lowest BCUT2D eigenvalue weighted by Crippen LogP contribution is -2.40. The maximum atomic E-state index is 12.2. The van der Waals surface area contributed by atoms with E-state index in [2.05, 4.69) is 14.8 Å². The van der Waals surface area contributed by atoms with Crippen molar-refractivity contribution in [2.45, 2.75) is 57.0 Å². The Labute approximate surface area is 176 Å². The fourth-order valence-corrected chi connectivity index (χ4v) is 4.76. The molecule has 1 unspecified atom stereocenters. The summed E-state index contributed by atoms with van der Waals surface area (Å²) in [5.74, 6) is 2.82.